The quantitative estimate of drug-likeness (QED) is 0.335. The fourth-order valence-electron chi connectivity index (χ4n) is 5.30. The number of pyridine rings is 1. The molecule has 0 radical (unpaired) electrons. The highest BCUT2D eigenvalue weighted by molar-refractivity contribution is 9.10. The van der Waals surface area contributed by atoms with E-state index in [2.05, 4.69) is 35.8 Å². The first-order chi connectivity index (χ1) is 16.9. The molecule has 188 valence electrons. The maximum absolute atomic E-state index is 15.4. The molecule has 0 aliphatic carbocycles. The predicted molar refractivity (Wildman–Crippen MR) is 145 cm³/mol. The number of piperidine rings is 3. The second-order valence-electron chi connectivity index (χ2n) is 9.49. The van der Waals surface area contributed by atoms with Crippen LogP contribution >= 0.6 is 29.4 Å². The zero-order chi connectivity index (χ0) is 24.1. The van der Waals surface area contributed by atoms with E-state index in [1.54, 1.807) is 12.4 Å². The van der Waals surface area contributed by atoms with E-state index in [1.165, 1.54) is 6.07 Å². The van der Waals surface area contributed by atoms with Gasteiger partial charge in [0.05, 0.1) is 12.2 Å². The zero-order valence-electron chi connectivity index (χ0n) is 20.2. The number of hydrogen-bond donors (Lipinski definition) is 0. The van der Waals surface area contributed by atoms with Crippen molar-refractivity contribution in [2.24, 2.45) is 5.92 Å². The number of aryl methyl sites for hydroxylation is 2. The number of rotatable bonds is 5. The van der Waals surface area contributed by atoms with Crippen LogP contribution < -0.4 is 4.74 Å². The number of nitrogens with zero attached hydrogens (tertiary/aromatic N) is 6. The molecule has 36 heavy (non-hydrogen) atoms. The average Bonchev–Trinajstić information content (AvgIpc) is 3.20. The molecule has 0 saturated carbocycles. The van der Waals surface area contributed by atoms with Crippen LogP contribution in [0.15, 0.2) is 41.1 Å². The van der Waals surface area contributed by atoms with Crippen LogP contribution in [0.3, 0.4) is 0 Å². The Morgan fingerprint density at radius 3 is 2.58 bits per heavy atom. The molecule has 7 rings (SSSR count). The molecule has 2 bridgehead atoms. The molecule has 3 saturated heterocycles. The van der Waals surface area contributed by atoms with Gasteiger partial charge in [0.25, 0.3) is 0 Å². The number of halogens is 2. The normalized spacial score (nSPS) is 20.9. The van der Waals surface area contributed by atoms with Gasteiger partial charge in [0, 0.05) is 40.6 Å². The van der Waals surface area contributed by atoms with E-state index in [0.29, 0.717) is 40.0 Å². The van der Waals surface area contributed by atoms with Gasteiger partial charge in [0.1, 0.15) is 34.8 Å². The van der Waals surface area contributed by atoms with Gasteiger partial charge in [-0.15, -0.1) is 0 Å². The Hall–Kier alpha value is -2.56. The second kappa shape index (κ2) is 10.1. The first-order valence-corrected chi connectivity index (χ1v) is 12.7. The Morgan fingerprint density at radius 2 is 1.89 bits per heavy atom. The van der Waals surface area contributed by atoms with Gasteiger partial charge in [0.2, 0.25) is 0 Å². The highest BCUT2D eigenvalue weighted by Gasteiger charge is 2.35. The van der Waals surface area contributed by atoms with Crippen molar-refractivity contribution in [3.05, 3.63) is 64.0 Å². The number of benzene rings is 1. The van der Waals surface area contributed by atoms with E-state index >= 15 is 4.39 Å². The zero-order valence-corrected chi connectivity index (χ0v) is 22.8. The van der Waals surface area contributed by atoms with Crippen molar-refractivity contribution in [3.8, 4) is 17.1 Å². The van der Waals surface area contributed by atoms with Gasteiger partial charge in [-0.2, -0.15) is 13.5 Å². The van der Waals surface area contributed by atoms with Crippen molar-refractivity contribution in [3.63, 3.8) is 0 Å². The topological polar surface area (TPSA) is 69.0 Å². The van der Waals surface area contributed by atoms with Gasteiger partial charge in [-0.1, -0.05) is 6.07 Å². The average molecular weight is 572 g/mol. The molecule has 4 aromatic rings. The summed E-state index contributed by atoms with van der Waals surface area (Å²) >= 11 is 3.49. The Bertz CT molecular complexity index is 1420. The maximum Gasteiger partial charge on any atom is 0.164 e. The summed E-state index contributed by atoms with van der Waals surface area (Å²) in [4.78, 5) is 20.7. The molecule has 3 aliphatic heterocycles. The van der Waals surface area contributed by atoms with Gasteiger partial charge in [0.15, 0.2) is 5.65 Å². The van der Waals surface area contributed by atoms with Crippen molar-refractivity contribution in [1.29, 1.82) is 0 Å². The monoisotopic (exact) mass is 570 g/mol. The molecule has 3 aromatic heterocycles. The largest absolute Gasteiger partial charge is 0.489 e. The summed E-state index contributed by atoms with van der Waals surface area (Å²) in [7, 11) is 0. The molecule has 1 aromatic carbocycles. The Morgan fingerprint density at radius 1 is 1.08 bits per heavy atom. The summed E-state index contributed by atoms with van der Waals surface area (Å²) < 4.78 is 24.4. The van der Waals surface area contributed by atoms with E-state index in [9.17, 15) is 0 Å². The number of ether oxygens (including phenoxy) is 1. The summed E-state index contributed by atoms with van der Waals surface area (Å²) in [6.45, 7) is 7.27. The van der Waals surface area contributed by atoms with E-state index in [4.69, 9.17) is 9.72 Å². The molecule has 1 atom stereocenters. The van der Waals surface area contributed by atoms with Gasteiger partial charge < -0.3 is 9.30 Å². The second-order valence-corrected chi connectivity index (χ2v) is 10.4. The molecule has 0 N–H and O–H groups in total. The first-order valence-electron chi connectivity index (χ1n) is 11.9. The molecule has 7 nitrogen and oxygen atoms in total. The van der Waals surface area contributed by atoms with E-state index in [1.807, 2.05) is 36.6 Å². The van der Waals surface area contributed by atoms with Crippen molar-refractivity contribution in [1.82, 2.24) is 29.4 Å². The SMILES string of the molecule is Cc1nc(C)c2nc(-c3cncc(Br)c3)n(Cc3ccc(O[C@@H]4CN5CCC4CC5)cc3F)c2n1.S. The first kappa shape index (κ1) is 25.1. The number of imidazole rings is 1. The minimum atomic E-state index is -0.300. The van der Waals surface area contributed by atoms with E-state index in [-0.39, 0.29) is 32.0 Å². The van der Waals surface area contributed by atoms with Crippen LogP contribution in [0.2, 0.25) is 0 Å². The molecule has 6 heterocycles. The summed E-state index contributed by atoms with van der Waals surface area (Å²) in [5.41, 5.74) is 3.53. The lowest BCUT2D eigenvalue weighted by atomic mass is 9.86. The molecule has 3 fully saturated rings. The molecule has 3 aliphatic rings. The van der Waals surface area contributed by atoms with Crippen LogP contribution in [0, 0.1) is 25.6 Å². The minimum Gasteiger partial charge on any atom is -0.489 e. The maximum atomic E-state index is 15.4. The fraction of sp³-hybridized carbons (Fsp3) is 0.385. The summed E-state index contributed by atoms with van der Waals surface area (Å²) in [6.07, 6.45) is 5.93. The smallest absolute Gasteiger partial charge is 0.164 e. The van der Waals surface area contributed by atoms with Crippen LogP contribution in [0.5, 0.6) is 5.75 Å². The van der Waals surface area contributed by atoms with Crippen LogP contribution in [-0.2, 0) is 6.54 Å². The number of fused-ring (bicyclic) bond motifs is 4. The van der Waals surface area contributed by atoms with Crippen LogP contribution in [0.4, 0.5) is 4.39 Å². The number of aromatic nitrogens is 5. The third-order valence-corrected chi connectivity index (χ3v) is 7.51. The molecule has 10 heteroatoms. The fourth-order valence-corrected chi connectivity index (χ4v) is 5.66. The highest BCUT2D eigenvalue weighted by Crippen LogP contribution is 2.32. The number of hydrogen-bond acceptors (Lipinski definition) is 6. The molecule has 0 spiro atoms. The molecular weight excluding hydrogens is 543 g/mol. The molecule has 0 amide bonds. The van der Waals surface area contributed by atoms with Crippen molar-refractivity contribution >= 4 is 40.6 Å². The summed E-state index contributed by atoms with van der Waals surface area (Å²) in [6, 6.07) is 7.14. The van der Waals surface area contributed by atoms with Crippen molar-refractivity contribution in [2.75, 3.05) is 19.6 Å². The predicted octanol–water partition coefficient (Wildman–Crippen LogP) is 5.04. The van der Waals surface area contributed by atoms with Gasteiger partial charge >= 0.3 is 0 Å². The minimum absolute atomic E-state index is 0. The van der Waals surface area contributed by atoms with Gasteiger partial charge in [-0.3, -0.25) is 9.88 Å². The standard InChI is InChI=1S/C26H26BrFN6O.H2S/c1-15-24-26(31-16(2)30-15)34(25(32-24)19-9-20(27)12-29-11-19)13-18-3-4-21(10-22(18)28)35-23-14-33-7-5-17(23)6-8-33;/h3-4,9-12,17,23H,5-8,13-14H2,1-2H3;1H2/t23-;/m1./s1. The third kappa shape index (κ3) is 4.73. The van der Waals surface area contributed by atoms with E-state index in [0.717, 1.165) is 48.2 Å². The van der Waals surface area contributed by atoms with Crippen LogP contribution in [0.1, 0.15) is 29.9 Å². The summed E-state index contributed by atoms with van der Waals surface area (Å²) in [5, 5.41) is 0. The lowest BCUT2D eigenvalue weighted by Crippen LogP contribution is -2.52. The van der Waals surface area contributed by atoms with Crippen molar-refractivity contribution in [2.45, 2.75) is 39.3 Å². The Balaban J connectivity index is 0.00000267. The van der Waals surface area contributed by atoms with Crippen LogP contribution in [-0.4, -0.2) is 55.1 Å². The van der Waals surface area contributed by atoms with Gasteiger partial charge in [-0.25, -0.2) is 19.3 Å². The van der Waals surface area contributed by atoms with Crippen molar-refractivity contribution < 1.29 is 9.13 Å². The lowest BCUT2D eigenvalue weighted by molar-refractivity contribution is -0.00789. The highest BCUT2D eigenvalue weighted by atomic mass is 79.9. The Kier molecular flexibility index (Phi) is 7.02. The third-order valence-electron chi connectivity index (χ3n) is 7.08. The summed E-state index contributed by atoms with van der Waals surface area (Å²) in [5.74, 6) is 2.17. The van der Waals surface area contributed by atoms with E-state index < -0.39 is 0 Å². The Labute approximate surface area is 224 Å². The van der Waals surface area contributed by atoms with Crippen LogP contribution in [0.25, 0.3) is 22.6 Å². The lowest BCUT2D eigenvalue weighted by Gasteiger charge is -2.44. The van der Waals surface area contributed by atoms with Gasteiger partial charge in [-0.05, 0) is 73.8 Å². The molecular formula is C26H28BrFN6OS. The molecule has 0 unspecified atom stereocenters.